The minimum Gasteiger partial charge on any atom is -0.360 e. The molecule has 0 aliphatic heterocycles. The topological polar surface area (TPSA) is 57.0 Å². The number of rotatable bonds is 6. The van der Waals surface area contributed by atoms with E-state index in [1.54, 1.807) is 13.1 Å². The van der Waals surface area contributed by atoms with Crippen LogP contribution in [0.2, 0.25) is 5.02 Å². The second kappa shape index (κ2) is 9.56. The van der Waals surface area contributed by atoms with Gasteiger partial charge in [-0.1, -0.05) is 29.8 Å². The molecule has 4 rings (SSSR count). The maximum absolute atomic E-state index is 13.0. The van der Waals surface area contributed by atoms with Gasteiger partial charge < -0.3 is 9.30 Å². The smallest absolute Gasteiger partial charge is 0.163 e. The van der Waals surface area contributed by atoms with Crippen LogP contribution in [0.5, 0.6) is 0 Å². The molecule has 182 valence electrons. The molecule has 0 fully saturated rings. The van der Waals surface area contributed by atoms with Gasteiger partial charge in [0.05, 0.1) is 12.1 Å². The molecule has 6 heteroatoms. The van der Waals surface area contributed by atoms with Gasteiger partial charge in [0.2, 0.25) is 0 Å². The number of carbonyl (C=O) groups is 1. The minimum atomic E-state index is -0.737. The van der Waals surface area contributed by atoms with E-state index < -0.39 is 11.7 Å². The Morgan fingerprint density at radius 1 is 1.11 bits per heavy atom. The van der Waals surface area contributed by atoms with Crippen molar-refractivity contribution < 1.29 is 9.53 Å². The fourth-order valence-electron chi connectivity index (χ4n) is 4.60. The number of fused-ring (bicyclic) bond motifs is 1. The highest BCUT2D eigenvalue weighted by Gasteiger charge is 2.31. The molecule has 0 saturated carbocycles. The van der Waals surface area contributed by atoms with Crippen LogP contribution >= 0.6 is 11.6 Å². The molecule has 4 aromatic rings. The minimum absolute atomic E-state index is 0.0523. The van der Waals surface area contributed by atoms with E-state index in [0.29, 0.717) is 11.6 Å². The van der Waals surface area contributed by atoms with Crippen LogP contribution in [0.15, 0.2) is 48.8 Å². The monoisotopic (exact) mass is 489 g/mol. The van der Waals surface area contributed by atoms with E-state index in [4.69, 9.17) is 21.3 Å². The highest BCUT2D eigenvalue weighted by Crippen LogP contribution is 2.42. The van der Waals surface area contributed by atoms with E-state index in [0.717, 1.165) is 50.2 Å². The van der Waals surface area contributed by atoms with Crippen LogP contribution in [0, 0.1) is 20.8 Å². The second-order valence-corrected chi connectivity index (χ2v) is 10.5. The third kappa shape index (κ3) is 5.02. The first kappa shape index (κ1) is 25.1. The van der Waals surface area contributed by atoms with Crippen molar-refractivity contribution in [1.29, 1.82) is 0 Å². The summed E-state index contributed by atoms with van der Waals surface area (Å²) in [5, 5.41) is 1.69. The summed E-state index contributed by atoms with van der Waals surface area (Å²) in [6.07, 6.45) is 2.92. The summed E-state index contributed by atoms with van der Waals surface area (Å²) in [7, 11) is 0. The second-order valence-electron chi connectivity index (χ2n) is 10.1. The molecular weight excluding hydrogens is 458 g/mol. The van der Waals surface area contributed by atoms with Crippen molar-refractivity contribution >= 4 is 28.4 Å². The van der Waals surface area contributed by atoms with Crippen LogP contribution in [0.25, 0.3) is 22.2 Å². The van der Waals surface area contributed by atoms with Crippen molar-refractivity contribution in [1.82, 2.24) is 14.5 Å². The van der Waals surface area contributed by atoms with Crippen LogP contribution in [0.4, 0.5) is 0 Å². The SMILES string of the molecule is CC(=O)C(OC(C)(C)C)c1c(C)nc2c(c(C)c(C)n2Cc2cccnc2)c1-c1ccc(Cl)cc1. The van der Waals surface area contributed by atoms with Crippen molar-refractivity contribution in [2.24, 2.45) is 0 Å². The number of carbonyl (C=O) groups excluding carboxylic acids is 1. The largest absolute Gasteiger partial charge is 0.360 e. The molecule has 0 bridgehead atoms. The molecule has 35 heavy (non-hydrogen) atoms. The number of Topliss-reactive ketones (excluding diaryl/α,β-unsaturated/α-hetero) is 1. The zero-order chi connectivity index (χ0) is 25.5. The molecule has 0 saturated heterocycles. The average Bonchev–Trinajstić information content (AvgIpc) is 3.02. The van der Waals surface area contributed by atoms with Crippen LogP contribution < -0.4 is 0 Å². The first-order valence-electron chi connectivity index (χ1n) is 11.8. The molecule has 1 unspecified atom stereocenters. The zero-order valence-corrected chi connectivity index (χ0v) is 22.2. The molecule has 0 aliphatic rings. The van der Waals surface area contributed by atoms with Gasteiger partial charge in [-0.3, -0.25) is 9.78 Å². The molecule has 0 aliphatic carbocycles. The molecule has 0 N–H and O–H groups in total. The number of pyridine rings is 2. The van der Waals surface area contributed by atoms with E-state index in [9.17, 15) is 4.79 Å². The van der Waals surface area contributed by atoms with Crippen LogP contribution in [-0.2, 0) is 16.1 Å². The summed E-state index contributed by atoms with van der Waals surface area (Å²) >= 11 is 6.24. The maximum Gasteiger partial charge on any atom is 0.163 e. The number of aryl methyl sites for hydroxylation is 2. The van der Waals surface area contributed by atoms with Crippen molar-refractivity contribution in [3.63, 3.8) is 0 Å². The van der Waals surface area contributed by atoms with Gasteiger partial charge in [0.15, 0.2) is 5.78 Å². The van der Waals surface area contributed by atoms with Gasteiger partial charge >= 0.3 is 0 Å². The lowest BCUT2D eigenvalue weighted by molar-refractivity contribution is -0.138. The average molecular weight is 490 g/mol. The Morgan fingerprint density at radius 3 is 2.37 bits per heavy atom. The maximum atomic E-state index is 13.0. The molecule has 3 heterocycles. The Hall–Kier alpha value is -3.02. The number of ketones is 1. The van der Waals surface area contributed by atoms with Gasteiger partial charge in [0.25, 0.3) is 0 Å². The van der Waals surface area contributed by atoms with E-state index in [1.807, 2.05) is 64.2 Å². The summed E-state index contributed by atoms with van der Waals surface area (Å²) in [5.74, 6) is -0.0523. The van der Waals surface area contributed by atoms with E-state index in [-0.39, 0.29) is 5.78 Å². The normalized spacial score (nSPS) is 12.8. The third-order valence-electron chi connectivity index (χ3n) is 6.28. The standard InChI is InChI=1S/C29H32ClN3O2/c1-17-19(3)33(16-21-9-8-14-31-15-21)28-24(17)26(22-10-12-23(30)13-11-22)25(18(2)32-28)27(20(4)34)35-29(5,6)7/h8-15,27H,16H2,1-7H3. The Kier molecular flexibility index (Phi) is 6.85. The lowest BCUT2D eigenvalue weighted by Gasteiger charge is -2.29. The Labute approximate surface area is 212 Å². The van der Waals surface area contributed by atoms with Crippen molar-refractivity contribution in [2.45, 2.75) is 66.7 Å². The summed E-state index contributed by atoms with van der Waals surface area (Å²) in [6.45, 7) is 14.3. The molecule has 1 aromatic carbocycles. The molecule has 0 radical (unpaired) electrons. The molecular formula is C29H32ClN3O2. The predicted molar refractivity (Wildman–Crippen MR) is 142 cm³/mol. The van der Waals surface area contributed by atoms with Crippen molar-refractivity contribution in [2.75, 3.05) is 0 Å². The van der Waals surface area contributed by atoms with Crippen molar-refractivity contribution in [3.8, 4) is 11.1 Å². The lowest BCUT2D eigenvalue weighted by Crippen LogP contribution is -2.27. The molecule has 1 atom stereocenters. The molecule has 0 amide bonds. The van der Waals surface area contributed by atoms with Gasteiger partial charge in [0, 0.05) is 45.3 Å². The van der Waals surface area contributed by atoms with Crippen LogP contribution in [-0.4, -0.2) is 25.9 Å². The van der Waals surface area contributed by atoms with E-state index in [2.05, 4.69) is 29.5 Å². The highest BCUT2D eigenvalue weighted by atomic mass is 35.5. The number of aromatic nitrogens is 3. The van der Waals surface area contributed by atoms with E-state index in [1.165, 1.54) is 0 Å². The first-order valence-corrected chi connectivity index (χ1v) is 12.2. The number of hydrogen-bond donors (Lipinski definition) is 0. The Morgan fingerprint density at radius 2 is 1.80 bits per heavy atom. The lowest BCUT2D eigenvalue weighted by atomic mass is 9.90. The number of halogens is 1. The summed E-state index contributed by atoms with van der Waals surface area (Å²) in [4.78, 5) is 22.3. The first-order chi connectivity index (χ1) is 16.5. The van der Waals surface area contributed by atoms with Crippen LogP contribution in [0.1, 0.15) is 61.9 Å². The van der Waals surface area contributed by atoms with Gasteiger partial charge in [-0.05, 0) is 83.4 Å². The van der Waals surface area contributed by atoms with Crippen molar-refractivity contribution in [3.05, 3.63) is 81.9 Å². The molecule has 0 spiro atoms. The summed E-state index contributed by atoms with van der Waals surface area (Å²) in [5.41, 5.74) is 7.26. The number of hydrogen-bond acceptors (Lipinski definition) is 4. The predicted octanol–water partition coefficient (Wildman–Crippen LogP) is 7.17. The Balaban J connectivity index is 2.08. The van der Waals surface area contributed by atoms with E-state index >= 15 is 0 Å². The van der Waals surface area contributed by atoms with Gasteiger partial charge in [-0.15, -0.1) is 0 Å². The fraction of sp³-hybridized carbons (Fsp3) is 0.345. The highest BCUT2D eigenvalue weighted by molar-refractivity contribution is 6.30. The quantitative estimate of drug-likeness (QED) is 0.288. The molecule has 5 nitrogen and oxygen atoms in total. The number of ether oxygens (including phenoxy) is 1. The summed E-state index contributed by atoms with van der Waals surface area (Å²) in [6, 6.07) is 11.8. The van der Waals surface area contributed by atoms with Gasteiger partial charge in [-0.2, -0.15) is 0 Å². The van der Waals surface area contributed by atoms with Gasteiger partial charge in [-0.25, -0.2) is 4.98 Å². The number of benzene rings is 1. The Bertz CT molecular complexity index is 1380. The number of nitrogens with zero attached hydrogens (tertiary/aromatic N) is 3. The summed E-state index contributed by atoms with van der Waals surface area (Å²) < 4.78 is 8.57. The third-order valence-corrected chi connectivity index (χ3v) is 6.54. The van der Waals surface area contributed by atoms with Gasteiger partial charge in [0.1, 0.15) is 11.8 Å². The van der Waals surface area contributed by atoms with Crippen LogP contribution in [0.3, 0.4) is 0 Å². The molecule has 3 aromatic heterocycles. The fourth-order valence-corrected chi connectivity index (χ4v) is 4.72. The zero-order valence-electron chi connectivity index (χ0n) is 21.4.